The van der Waals surface area contributed by atoms with Gasteiger partial charge < -0.3 is 26.6 Å². The predicted molar refractivity (Wildman–Crippen MR) is 89.7 cm³/mol. The van der Waals surface area contributed by atoms with Crippen LogP contribution in [0.15, 0.2) is 0 Å². The number of carbonyl (C=O) groups excluding carboxylic acids is 2. The standard InChI is InChI=1S/C14H25N3O6S/c1-7(2)11(14(22)23)17-12(19)9(6-24)16-10(18)5-3-4-8(15)13(20)21/h7-9,11,24H,3-6,15H2,1-2H3,(H,16,18)(H,17,19)(H,20,21)(H,22,23)/t8-,9+,11-/m0/s1. The molecule has 0 aromatic carbocycles. The van der Waals surface area contributed by atoms with Crippen molar-refractivity contribution in [1.29, 1.82) is 0 Å². The molecule has 0 unspecified atom stereocenters. The van der Waals surface area contributed by atoms with E-state index < -0.39 is 41.9 Å². The van der Waals surface area contributed by atoms with Gasteiger partial charge in [0.25, 0.3) is 0 Å². The fourth-order valence-electron chi connectivity index (χ4n) is 1.83. The highest BCUT2D eigenvalue weighted by atomic mass is 32.1. The van der Waals surface area contributed by atoms with Crippen LogP contribution in [0.4, 0.5) is 0 Å². The van der Waals surface area contributed by atoms with Crippen LogP contribution in [-0.4, -0.2) is 57.8 Å². The highest BCUT2D eigenvalue weighted by Crippen LogP contribution is 2.04. The minimum Gasteiger partial charge on any atom is -0.480 e. The Kier molecular flexibility index (Phi) is 10.0. The van der Waals surface area contributed by atoms with Crippen LogP contribution in [0, 0.1) is 5.92 Å². The summed E-state index contributed by atoms with van der Waals surface area (Å²) in [7, 11) is 0. The maximum atomic E-state index is 12.1. The number of nitrogens with two attached hydrogens (primary N) is 1. The van der Waals surface area contributed by atoms with Crippen molar-refractivity contribution >= 4 is 36.4 Å². The van der Waals surface area contributed by atoms with Gasteiger partial charge in [-0.25, -0.2) is 4.79 Å². The number of nitrogens with one attached hydrogen (secondary N) is 2. The number of carboxylic acids is 2. The van der Waals surface area contributed by atoms with Gasteiger partial charge in [0.1, 0.15) is 18.1 Å². The van der Waals surface area contributed by atoms with Gasteiger partial charge in [-0.15, -0.1) is 0 Å². The molecule has 0 saturated carbocycles. The van der Waals surface area contributed by atoms with Crippen molar-refractivity contribution in [2.45, 2.75) is 51.2 Å². The molecule has 0 bridgehead atoms. The molecule has 0 aliphatic heterocycles. The van der Waals surface area contributed by atoms with E-state index in [-0.39, 0.29) is 30.9 Å². The normalized spacial score (nSPS) is 14.5. The molecule has 0 saturated heterocycles. The van der Waals surface area contributed by atoms with E-state index in [0.29, 0.717) is 0 Å². The lowest BCUT2D eigenvalue weighted by atomic mass is 10.0. The van der Waals surface area contributed by atoms with Crippen molar-refractivity contribution in [2.24, 2.45) is 11.7 Å². The van der Waals surface area contributed by atoms with Crippen molar-refractivity contribution in [1.82, 2.24) is 10.6 Å². The molecule has 24 heavy (non-hydrogen) atoms. The Labute approximate surface area is 145 Å². The molecule has 6 N–H and O–H groups in total. The molecule has 0 aliphatic carbocycles. The van der Waals surface area contributed by atoms with Gasteiger partial charge in [0.2, 0.25) is 11.8 Å². The average molecular weight is 363 g/mol. The van der Waals surface area contributed by atoms with Crippen LogP contribution in [0.1, 0.15) is 33.1 Å². The molecule has 0 aromatic rings. The smallest absolute Gasteiger partial charge is 0.326 e. The number of hydrogen-bond acceptors (Lipinski definition) is 6. The van der Waals surface area contributed by atoms with E-state index in [9.17, 15) is 19.2 Å². The monoisotopic (exact) mass is 363 g/mol. The summed E-state index contributed by atoms with van der Waals surface area (Å²) < 4.78 is 0. The zero-order valence-electron chi connectivity index (χ0n) is 13.7. The molecule has 0 spiro atoms. The molecule has 9 nitrogen and oxygen atoms in total. The largest absolute Gasteiger partial charge is 0.480 e. The molecule has 0 fully saturated rings. The summed E-state index contributed by atoms with van der Waals surface area (Å²) in [5.74, 6) is -3.72. The number of amides is 2. The summed E-state index contributed by atoms with van der Waals surface area (Å²) in [5.41, 5.74) is 5.33. The Morgan fingerprint density at radius 3 is 2.08 bits per heavy atom. The van der Waals surface area contributed by atoms with Gasteiger partial charge >= 0.3 is 11.9 Å². The number of aliphatic carboxylic acids is 2. The van der Waals surface area contributed by atoms with Crippen LogP contribution in [0.25, 0.3) is 0 Å². The van der Waals surface area contributed by atoms with Crippen LogP contribution in [-0.2, 0) is 19.2 Å². The van der Waals surface area contributed by atoms with Crippen molar-refractivity contribution < 1.29 is 29.4 Å². The van der Waals surface area contributed by atoms with Crippen molar-refractivity contribution in [2.75, 3.05) is 5.75 Å². The van der Waals surface area contributed by atoms with E-state index in [4.69, 9.17) is 15.9 Å². The lowest BCUT2D eigenvalue weighted by Gasteiger charge is -2.22. The summed E-state index contributed by atoms with van der Waals surface area (Å²) in [4.78, 5) is 45.5. The van der Waals surface area contributed by atoms with E-state index >= 15 is 0 Å². The molecule has 0 rings (SSSR count). The molecular formula is C14H25N3O6S. The first-order valence-electron chi connectivity index (χ1n) is 7.51. The van der Waals surface area contributed by atoms with E-state index in [1.54, 1.807) is 13.8 Å². The topological polar surface area (TPSA) is 159 Å². The summed E-state index contributed by atoms with van der Waals surface area (Å²) in [5, 5.41) is 22.5. The van der Waals surface area contributed by atoms with Gasteiger partial charge in [0.15, 0.2) is 0 Å². The molecule has 2 amide bonds. The predicted octanol–water partition coefficient (Wildman–Crippen LogP) is -0.791. The van der Waals surface area contributed by atoms with E-state index in [0.717, 1.165) is 0 Å². The maximum absolute atomic E-state index is 12.1. The minimum absolute atomic E-state index is 0.00333. The first-order valence-corrected chi connectivity index (χ1v) is 8.15. The molecule has 10 heteroatoms. The van der Waals surface area contributed by atoms with Crippen molar-refractivity contribution in [3.05, 3.63) is 0 Å². The number of carbonyl (C=O) groups is 4. The Morgan fingerprint density at radius 2 is 1.67 bits per heavy atom. The summed E-state index contributed by atoms with van der Waals surface area (Å²) in [6, 6.07) is -3.08. The Hall–Kier alpha value is -1.81. The minimum atomic E-state index is -1.16. The lowest BCUT2D eigenvalue weighted by Crippen LogP contribution is -2.53. The highest BCUT2D eigenvalue weighted by Gasteiger charge is 2.27. The molecular weight excluding hydrogens is 338 g/mol. The number of hydrogen-bond donors (Lipinski definition) is 6. The third kappa shape index (κ3) is 8.16. The van der Waals surface area contributed by atoms with Gasteiger partial charge in [0.05, 0.1) is 0 Å². The molecule has 0 aliphatic rings. The molecule has 0 heterocycles. The van der Waals surface area contributed by atoms with Crippen LogP contribution < -0.4 is 16.4 Å². The van der Waals surface area contributed by atoms with Crippen LogP contribution >= 0.6 is 12.6 Å². The van der Waals surface area contributed by atoms with Crippen LogP contribution in [0.5, 0.6) is 0 Å². The van der Waals surface area contributed by atoms with Crippen molar-refractivity contribution in [3.63, 3.8) is 0 Å². The fraction of sp³-hybridized carbons (Fsp3) is 0.714. The second kappa shape index (κ2) is 10.9. The third-order valence-electron chi connectivity index (χ3n) is 3.30. The average Bonchev–Trinajstić information content (AvgIpc) is 2.48. The van der Waals surface area contributed by atoms with Gasteiger partial charge in [0, 0.05) is 12.2 Å². The number of rotatable bonds is 11. The maximum Gasteiger partial charge on any atom is 0.326 e. The van der Waals surface area contributed by atoms with E-state index in [1.165, 1.54) is 0 Å². The first kappa shape index (κ1) is 22.2. The Balaban J connectivity index is 4.47. The van der Waals surface area contributed by atoms with Gasteiger partial charge in [-0.3, -0.25) is 14.4 Å². The zero-order chi connectivity index (χ0) is 18.9. The molecule has 138 valence electrons. The molecule has 0 aromatic heterocycles. The van der Waals surface area contributed by atoms with E-state index in [2.05, 4.69) is 23.3 Å². The second-order valence-electron chi connectivity index (χ2n) is 5.71. The number of thiol groups is 1. The SMILES string of the molecule is CC(C)[C@H](NC(=O)[C@@H](CS)NC(=O)CCC[C@H](N)C(=O)O)C(=O)O. The fourth-order valence-corrected chi connectivity index (χ4v) is 2.09. The number of carboxylic acid groups (broad SMARTS) is 2. The lowest BCUT2D eigenvalue weighted by molar-refractivity contribution is -0.143. The van der Waals surface area contributed by atoms with Crippen molar-refractivity contribution in [3.8, 4) is 0 Å². The molecule has 0 radical (unpaired) electrons. The van der Waals surface area contributed by atoms with Gasteiger partial charge in [-0.2, -0.15) is 12.6 Å². The first-order chi connectivity index (χ1) is 11.1. The Bertz CT molecular complexity index is 471. The van der Waals surface area contributed by atoms with Crippen LogP contribution in [0.2, 0.25) is 0 Å². The van der Waals surface area contributed by atoms with Crippen LogP contribution in [0.3, 0.4) is 0 Å². The van der Waals surface area contributed by atoms with E-state index in [1.807, 2.05) is 0 Å². The van der Waals surface area contributed by atoms with Gasteiger partial charge in [-0.05, 0) is 18.8 Å². The summed E-state index contributed by atoms with van der Waals surface area (Å²) >= 11 is 3.99. The molecule has 3 atom stereocenters. The third-order valence-corrected chi connectivity index (χ3v) is 3.67. The second-order valence-corrected chi connectivity index (χ2v) is 6.07. The summed E-state index contributed by atoms with van der Waals surface area (Å²) in [6.45, 7) is 3.30. The quantitative estimate of drug-likeness (QED) is 0.262. The Morgan fingerprint density at radius 1 is 1.08 bits per heavy atom. The highest BCUT2D eigenvalue weighted by molar-refractivity contribution is 7.80. The zero-order valence-corrected chi connectivity index (χ0v) is 14.6. The summed E-state index contributed by atoms with van der Waals surface area (Å²) in [6.07, 6.45) is 0.393. The van der Waals surface area contributed by atoms with Gasteiger partial charge in [-0.1, -0.05) is 13.8 Å².